The second-order valence-corrected chi connectivity index (χ2v) is 8.01. The summed E-state index contributed by atoms with van der Waals surface area (Å²) in [6.45, 7) is 0.0711. The summed E-state index contributed by atoms with van der Waals surface area (Å²) in [5.41, 5.74) is -1.74. The van der Waals surface area contributed by atoms with Crippen molar-refractivity contribution in [2.24, 2.45) is 5.92 Å². The van der Waals surface area contributed by atoms with Gasteiger partial charge in [-0.25, -0.2) is 8.42 Å². The number of anilines is 1. The van der Waals surface area contributed by atoms with Gasteiger partial charge in [0.25, 0.3) is 0 Å². The summed E-state index contributed by atoms with van der Waals surface area (Å²) in [4.78, 5) is 0. The van der Waals surface area contributed by atoms with Crippen LogP contribution in [-0.2, 0) is 20.9 Å². The summed E-state index contributed by atoms with van der Waals surface area (Å²) in [6.07, 6.45) is -2.11. The van der Waals surface area contributed by atoms with Gasteiger partial charge in [-0.05, 0) is 18.2 Å². The van der Waals surface area contributed by atoms with E-state index in [1.807, 2.05) is 0 Å². The number of sulfonamides is 1. The summed E-state index contributed by atoms with van der Waals surface area (Å²) < 4.78 is 71.4. The molecule has 0 aliphatic carbocycles. The van der Waals surface area contributed by atoms with Crippen LogP contribution in [-0.4, -0.2) is 32.4 Å². The van der Waals surface area contributed by atoms with Gasteiger partial charge in [0.05, 0.1) is 35.1 Å². The van der Waals surface area contributed by atoms with Crippen molar-refractivity contribution in [1.82, 2.24) is 0 Å². The number of nitrogens with zero attached hydrogens (tertiary/aromatic N) is 2. The van der Waals surface area contributed by atoms with Crippen LogP contribution in [0.4, 0.5) is 18.9 Å². The average Bonchev–Trinajstić information content (AvgIpc) is 3.18. The van der Waals surface area contributed by atoms with Crippen LogP contribution in [0.15, 0.2) is 30.4 Å². The van der Waals surface area contributed by atoms with Crippen LogP contribution in [0.1, 0.15) is 11.1 Å². The summed E-state index contributed by atoms with van der Waals surface area (Å²) in [5, 5.41) is 8.08. The highest BCUT2D eigenvalue weighted by atomic mass is 32.2. The Balaban J connectivity index is 1.77. The molecule has 3 heterocycles. The maximum Gasteiger partial charge on any atom is 0.417 e. The lowest BCUT2D eigenvalue weighted by atomic mass is 9.94. The topological polar surface area (TPSA) is 70.4 Å². The zero-order valence-corrected chi connectivity index (χ0v) is 12.9. The third-order valence-electron chi connectivity index (χ3n) is 4.72. The minimum absolute atomic E-state index is 0.0711. The third-order valence-corrected chi connectivity index (χ3v) is 7.00. The number of hydrogen-bond acceptors (Lipinski definition) is 4. The molecule has 9 heteroatoms. The van der Waals surface area contributed by atoms with Gasteiger partial charge >= 0.3 is 6.18 Å². The molecule has 0 saturated carbocycles. The zero-order chi connectivity index (χ0) is 17.3. The predicted octanol–water partition coefficient (Wildman–Crippen LogP) is 2.05. The second-order valence-electron chi connectivity index (χ2n) is 5.99. The molecule has 4 rings (SSSR count). The summed E-state index contributed by atoms with van der Waals surface area (Å²) in [7, 11) is -3.82. The Morgan fingerprint density at radius 1 is 1.25 bits per heavy atom. The van der Waals surface area contributed by atoms with E-state index < -0.39 is 38.7 Å². The van der Waals surface area contributed by atoms with Crippen LogP contribution >= 0.6 is 0 Å². The first kappa shape index (κ1) is 15.5. The van der Waals surface area contributed by atoms with Crippen molar-refractivity contribution in [3.8, 4) is 6.07 Å². The van der Waals surface area contributed by atoms with Crippen LogP contribution in [0.3, 0.4) is 0 Å². The fourth-order valence-electron chi connectivity index (χ4n) is 3.66. The molecule has 0 N–H and O–H groups in total. The van der Waals surface area contributed by atoms with E-state index in [0.29, 0.717) is 0 Å². The monoisotopic (exact) mass is 356 g/mol. The maximum atomic E-state index is 13.1. The number of halogens is 3. The van der Waals surface area contributed by atoms with Gasteiger partial charge in [-0.2, -0.15) is 18.4 Å². The van der Waals surface area contributed by atoms with Crippen LogP contribution in [0.25, 0.3) is 0 Å². The van der Waals surface area contributed by atoms with Gasteiger partial charge in [-0.3, -0.25) is 4.31 Å². The van der Waals surface area contributed by atoms with E-state index in [-0.39, 0.29) is 24.3 Å². The van der Waals surface area contributed by atoms with Gasteiger partial charge in [0.1, 0.15) is 5.25 Å². The molecule has 0 amide bonds. The minimum Gasteiger partial charge on any atom is -0.365 e. The fraction of sp³-hybridized carbons (Fsp3) is 0.400. The van der Waals surface area contributed by atoms with Crippen molar-refractivity contribution in [3.63, 3.8) is 0 Å². The van der Waals surface area contributed by atoms with Crippen molar-refractivity contribution in [3.05, 3.63) is 41.5 Å². The Labute approximate surface area is 136 Å². The lowest BCUT2D eigenvalue weighted by Gasteiger charge is -2.22. The highest BCUT2D eigenvalue weighted by Gasteiger charge is 2.59. The largest absolute Gasteiger partial charge is 0.417 e. The summed E-state index contributed by atoms with van der Waals surface area (Å²) in [6, 6.07) is 4.46. The normalized spacial score (nSPS) is 32.8. The molecule has 126 valence electrons. The van der Waals surface area contributed by atoms with Gasteiger partial charge in [0, 0.05) is 12.5 Å². The molecule has 5 nitrogen and oxygen atoms in total. The first-order valence-corrected chi connectivity index (χ1v) is 8.70. The second kappa shape index (κ2) is 4.74. The molecule has 2 fully saturated rings. The SMILES string of the molecule is N#Cc1ccc(N2C[C@@H]3[C@@H]([C@H]4C=C[C@@H]3O4)S2(=O)=O)cc1C(F)(F)F. The zero-order valence-electron chi connectivity index (χ0n) is 12.1. The van der Waals surface area contributed by atoms with Gasteiger partial charge < -0.3 is 4.74 Å². The standard InChI is InChI=1S/C15H11F3N2O3S/c16-15(17,18)11-5-9(2-1-8(11)6-19)20-7-10-12-3-4-13(23-12)14(10)24(20,21)22/h1-5,10,12-14H,7H2/t10-,12-,13+,14-/m0/s1. The Kier molecular flexibility index (Phi) is 3.06. The number of alkyl halides is 3. The van der Waals surface area contributed by atoms with E-state index in [4.69, 9.17) is 10.00 Å². The van der Waals surface area contributed by atoms with E-state index in [1.54, 1.807) is 12.2 Å². The molecular weight excluding hydrogens is 345 g/mol. The molecule has 3 aliphatic rings. The number of benzene rings is 1. The number of ether oxygens (including phenoxy) is 1. The average molecular weight is 356 g/mol. The first-order chi connectivity index (χ1) is 11.2. The Hall–Kier alpha value is -2.05. The van der Waals surface area contributed by atoms with Crippen molar-refractivity contribution >= 4 is 15.7 Å². The van der Waals surface area contributed by atoms with Crippen LogP contribution < -0.4 is 4.31 Å². The predicted molar refractivity (Wildman–Crippen MR) is 77.5 cm³/mol. The Morgan fingerprint density at radius 2 is 1.96 bits per heavy atom. The van der Waals surface area contributed by atoms with Crippen LogP contribution in [0.5, 0.6) is 0 Å². The molecule has 0 aromatic heterocycles. The molecule has 2 bridgehead atoms. The number of fused-ring (bicyclic) bond motifs is 5. The van der Waals surface area contributed by atoms with E-state index in [2.05, 4.69) is 0 Å². The van der Waals surface area contributed by atoms with Crippen molar-refractivity contribution in [2.75, 3.05) is 10.8 Å². The highest BCUT2D eigenvalue weighted by Crippen LogP contribution is 2.46. The lowest BCUT2D eigenvalue weighted by molar-refractivity contribution is -0.137. The van der Waals surface area contributed by atoms with Gasteiger partial charge in [-0.1, -0.05) is 12.2 Å². The van der Waals surface area contributed by atoms with Crippen LogP contribution in [0.2, 0.25) is 0 Å². The van der Waals surface area contributed by atoms with Crippen molar-refractivity contribution in [2.45, 2.75) is 23.6 Å². The van der Waals surface area contributed by atoms with E-state index in [1.165, 1.54) is 12.1 Å². The Bertz CT molecular complexity index is 888. The van der Waals surface area contributed by atoms with E-state index in [9.17, 15) is 21.6 Å². The molecular formula is C15H11F3N2O3S. The van der Waals surface area contributed by atoms with Gasteiger partial charge in [0.2, 0.25) is 10.0 Å². The highest BCUT2D eigenvalue weighted by molar-refractivity contribution is 7.93. The summed E-state index contributed by atoms with van der Waals surface area (Å²) in [5.74, 6) is -0.296. The third kappa shape index (κ3) is 1.99. The smallest absolute Gasteiger partial charge is 0.365 e. The molecule has 0 unspecified atom stereocenters. The summed E-state index contributed by atoms with van der Waals surface area (Å²) >= 11 is 0. The maximum absolute atomic E-state index is 13.1. The number of hydrogen-bond donors (Lipinski definition) is 0. The van der Waals surface area contributed by atoms with Gasteiger partial charge in [0.15, 0.2) is 0 Å². The molecule has 1 aromatic rings. The number of nitriles is 1. The van der Waals surface area contributed by atoms with Gasteiger partial charge in [-0.15, -0.1) is 0 Å². The van der Waals surface area contributed by atoms with Crippen LogP contribution in [0, 0.1) is 17.2 Å². The quantitative estimate of drug-likeness (QED) is 0.722. The minimum atomic E-state index is -4.73. The molecule has 3 aliphatic heterocycles. The number of rotatable bonds is 1. The first-order valence-electron chi connectivity index (χ1n) is 7.20. The Morgan fingerprint density at radius 3 is 2.58 bits per heavy atom. The lowest BCUT2D eigenvalue weighted by Crippen LogP contribution is -2.35. The molecule has 2 saturated heterocycles. The van der Waals surface area contributed by atoms with Crippen molar-refractivity contribution < 1.29 is 26.3 Å². The van der Waals surface area contributed by atoms with E-state index >= 15 is 0 Å². The molecule has 0 spiro atoms. The molecule has 0 radical (unpaired) electrons. The van der Waals surface area contributed by atoms with Crippen molar-refractivity contribution in [1.29, 1.82) is 5.26 Å². The van der Waals surface area contributed by atoms with E-state index in [0.717, 1.165) is 16.4 Å². The molecule has 1 aromatic carbocycles. The fourth-order valence-corrected chi connectivity index (χ4v) is 5.92. The molecule has 4 atom stereocenters. The molecule has 24 heavy (non-hydrogen) atoms.